The SMILES string of the molecule is COCC(=O)N(Cc1ccccc1)Cc1nc(C)ncc1-c1ccncc1. The molecule has 0 saturated carbocycles. The lowest BCUT2D eigenvalue weighted by molar-refractivity contribution is -0.136. The van der Waals surface area contributed by atoms with Crippen LogP contribution in [0.4, 0.5) is 0 Å². The van der Waals surface area contributed by atoms with Gasteiger partial charge in [-0.2, -0.15) is 0 Å². The zero-order chi connectivity index (χ0) is 19.1. The number of carbonyl (C=O) groups is 1. The van der Waals surface area contributed by atoms with Crippen molar-refractivity contribution in [2.45, 2.75) is 20.0 Å². The van der Waals surface area contributed by atoms with E-state index in [-0.39, 0.29) is 12.5 Å². The summed E-state index contributed by atoms with van der Waals surface area (Å²) in [6, 6.07) is 13.7. The van der Waals surface area contributed by atoms with Crippen molar-refractivity contribution in [1.82, 2.24) is 19.9 Å². The number of amides is 1. The maximum absolute atomic E-state index is 12.6. The standard InChI is InChI=1S/C21H22N4O2/c1-16-23-12-19(18-8-10-22-11-9-18)20(24-16)14-25(21(26)15-27-2)13-17-6-4-3-5-7-17/h3-12H,13-15H2,1-2H3. The first kappa shape index (κ1) is 18.7. The molecule has 0 atom stereocenters. The zero-order valence-corrected chi connectivity index (χ0v) is 15.5. The first-order valence-electron chi connectivity index (χ1n) is 8.71. The van der Waals surface area contributed by atoms with E-state index in [0.29, 0.717) is 18.9 Å². The van der Waals surface area contributed by atoms with Crippen LogP contribution in [0.2, 0.25) is 0 Å². The molecule has 2 heterocycles. The molecule has 0 unspecified atom stereocenters. The van der Waals surface area contributed by atoms with Gasteiger partial charge in [0.2, 0.25) is 5.91 Å². The Kier molecular flexibility index (Phi) is 6.22. The molecule has 6 nitrogen and oxygen atoms in total. The number of rotatable bonds is 7. The quantitative estimate of drug-likeness (QED) is 0.646. The van der Waals surface area contributed by atoms with Gasteiger partial charge >= 0.3 is 0 Å². The van der Waals surface area contributed by atoms with Crippen LogP contribution in [0.1, 0.15) is 17.1 Å². The number of aromatic nitrogens is 3. The Morgan fingerprint density at radius 2 is 1.81 bits per heavy atom. The molecule has 3 rings (SSSR count). The lowest BCUT2D eigenvalue weighted by Crippen LogP contribution is -2.33. The molecule has 0 N–H and O–H groups in total. The second kappa shape index (κ2) is 9.00. The number of aryl methyl sites for hydroxylation is 1. The summed E-state index contributed by atoms with van der Waals surface area (Å²) in [6.45, 7) is 2.74. The average molecular weight is 362 g/mol. The third-order valence-electron chi connectivity index (χ3n) is 4.16. The van der Waals surface area contributed by atoms with Crippen LogP contribution in [0.5, 0.6) is 0 Å². The van der Waals surface area contributed by atoms with Crippen molar-refractivity contribution in [1.29, 1.82) is 0 Å². The molecule has 138 valence electrons. The third kappa shape index (κ3) is 4.95. The normalized spacial score (nSPS) is 10.6. The number of hydrogen-bond donors (Lipinski definition) is 0. The molecule has 3 aromatic rings. The number of pyridine rings is 1. The van der Waals surface area contributed by atoms with Gasteiger partial charge in [-0.15, -0.1) is 0 Å². The van der Waals surface area contributed by atoms with Gasteiger partial charge in [-0.25, -0.2) is 9.97 Å². The van der Waals surface area contributed by atoms with Gasteiger partial charge < -0.3 is 9.64 Å². The van der Waals surface area contributed by atoms with Gasteiger partial charge in [0.05, 0.1) is 12.2 Å². The molecule has 0 aliphatic carbocycles. The molecule has 6 heteroatoms. The Balaban J connectivity index is 1.93. The summed E-state index contributed by atoms with van der Waals surface area (Å²) in [6.07, 6.45) is 5.27. The fourth-order valence-corrected chi connectivity index (χ4v) is 2.84. The molecule has 1 amide bonds. The van der Waals surface area contributed by atoms with Crippen LogP contribution in [-0.4, -0.2) is 39.5 Å². The topological polar surface area (TPSA) is 68.2 Å². The minimum absolute atomic E-state index is 0.0293. The fraction of sp³-hybridized carbons (Fsp3) is 0.238. The Hall–Kier alpha value is -3.12. The number of methoxy groups -OCH3 is 1. The molecular formula is C21H22N4O2. The molecule has 0 radical (unpaired) electrons. The number of ether oxygens (including phenoxy) is 1. The molecule has 1 aromatic carbocycles. The lowest BCUT2D eigenvalue weighted by Gasteiger charge is -2.23. The Morgan fingerprint density at radius 3 is 2.52 bits per heavy atom. The smallest absolute Gasteiger partial charge is 0.249 e. The van der Waals surface area contributed by atoms with E-state index >= 15 is 0 Å². The summed E-state index contributed by atoms with van der Waals surface area (Å²) in [5.41, 5.74) is 3.72. The van der Waals surface area contributed by atoms with Crippen LogP contribution >= 0.6 is 0 Å². The van der Waals surface area contributed by atoms with E-state index < -0.39 is 0 Å². The second-order valence-corrected chi connectivity index (χ2v) is 6.18. The van der Waals surface area contributed by atoms with Crippen molar-refractivity contribution in [3.05, 3.63) is 78.1 Å². The number of nitrogens with zero attached hydrogens (tertiary/aromatic N) is 4. The molecule has 0 bridgehead atoms. The van der Waals surface area contributed by atoms with Crippen molar-refractivity contribution in [2.75, 3.05) is 13.7 Å². The van der Waals surface area contributed by atoms with Gasteiger partial charge in [-0.1, -0.05) is 30.3 Å². The van der Waals surface area contributed by atoms with Crippen molar-refractivity contribution < 1.29 is 9.53 Å². The van der Waals surface area contributed by atoms with Crippen LogP contribution in [0, 0.1) is 6.92 Å². The van der Waals surface area contributed by atoms with Crippen molar-refractivity contribution in [2.24, 2.45) is 0 Å². The van der Waals surface area contributed by atoms with Crippen LogP contribution < -0.4 is 0 Å². The lowest BCUT2D eigenvalue weighted by atomic mass is 10.1. The Labute approximate surface area is 158 Å². The maximum Gasteiger partial charge on any atom is 0.249 e. The van der Waals surface area contributed by atoms with Crippen LogP contribution in [-0.2, 0) is 22.6 Å². The minimum Gasteiger partial charge on any atom is -0.375 e. The highest BCUT2D eigenvalue weighted by Crippen LogP contribution is 2.23. The van der Waals surface area contributed by atoms with Crippen molar-refractivity contribution in [3.63, 3.8) is 0 Å². The van der Waals surface area contributed by atoms with E-state index in [9.17, 15) is 4.79 Å². The highest BCUT2D eigenvalue weighted by atomic mass is 16.5. The zero-order valence-electron chi connectivity index (χ0n) is 15.5. The molecule has 0 fully saturated rings. The minimum atomic E-state index is -0.0849. The maximum atomic E-state index is 12.6. The van der Waals surface area contributed by atoms with Crippen molar-refractivity contribution in [3.8, 4) is 11.1 Å². The highest BCUT2D eigenvalue weighted by molar-refractivity contribution is 5.77. The first-order valence-corrected chi connectivity index (χ1v) is 8.71. The predicted octanol–water partition coefficient (Wildman–Crippen LogP) is 3.02. The first-order chi connectivity index (χ1) is 13.2. The second-order valence-electron chi connectivity index (χ2n) is 6.18. The predicted molar refractivity (Wildman–Crippen MR) is 103 cm³/mol. The molecular weight excluding hydrogens is 340 g/mol. The summed E-state index contributed by atoms with van der Waals surface area (Å²) in [4.78, 5) is 27.4. The number of carbonyl (C=O) groups excluding carboxylic acids is 1. The van der Waals surface area contributed by atoms with E-state index in [2.05, 4.69) is 15.0 Å². The van der Waals surface area contributed by atoms with E-state index in [1.807, 2.05) is 49.4 Å². The summed E-state index contributed by atoms with van der Waals surface area (Å²) in [5, 5.41) is 0. The fourth-order valence-electron chi connectivity index (χ4n) is 2.84. The van der Waals surface area contributed by atoms with Gasteiger partial charge in [0.1, 0.15) is 12.4 Å². The van der Waals surface area contributed by atoms with Gasteiger partial charge in [0, 0.05) is 37.8 Å². The highest BCUT2D eigenvalue weighted by Gasteiger charge is 2.18. The third-order valence-corrected chi connectivity index (χ3v) is 4.16. The summed E-state index contributed by atoms with van der Waals surface area (Å²) in [5.74, 6) is 0.583. The summed E-state index contributed by atoms with van der Waals surface area (Å²) < 4.78 is 5.07. The molecule has 0 spiro atoms. The molecule has 27 heavy (non-hydrogen) atoms. The number of hydrogen-bond acceptors (Lipinski definition) is 5. The van der Waals surface area contributed by atoms with Crippen molar-refractivity contribution >= 4 is 5.91 Å². The summed E-state index contributed by atoms with van der Waals surface area (Å²) in [7, 11) is 1.52. The number of benzene rings is 1. The van der Waals surface area contributed by atoms with Gasteiger partial charge in [0.15, 0.2) is 0 Å². The molecule has 0 aliphatic rings. The molecule has 0 aliphatic heterocycles. The largest absolute Gasteiger partial charge is 0.375 e. The van der Waals surface area contributed by atoms with Crippen LogP contribution in [0.3, 0.4) is 0 Å². The van der Waals surface area contributed by atoms with E-state index in [0.717, 1.165) is 22.4 Å². The van der Waals surface area contributed by atoms with Crippen LogP contribution in [0.25, 0.3) is 11.1 Å². The Bertz CT molecular complexity index is 885. The average Bonchev–Trinajstić information content (AvgIpc) is 2.69. The van der Waals surface area contributed by atoms with Crippen LogP contribution in [0.15, 0.2) is 61.1 Å². The van der Waals surface area contributed by atoms with E-state index in [1.165, 1.54) is 7.11 Å². The van der Waals surface area contributed by atoms with Gasteiger partial charge in [-0.3, -0.25) is 9.78 Å². The molecule has 0 saturated heterocycles. The van der Waals surface area contributed by atoms with E-state index in [1.54, 1.807) is 23.5 Å². The monoisotopic (exact) mass is 362 g/mol. The Morgan fingerprint density at radius 1 is 1.07 bits per heavy atom. The van der Waals surface area contributed by atoms with Gasteiger partial charge in [-0.05, 0) is 30.2 Å². The van der Waals surface area contributed by atoms with Gasteiger partial charge in [0.25, 0.3) is 0 Å². The molecule has 2 aromatic heterocycles. The van der Waals surface area contributed by atoms with E-state index in [4.69, 9.17) is 4.74 Å². The summed E-state index contributed by atoms with van der Waals surface area (Å²) >= 11 is 0.